The van der Waals surface area contributed by atoms with E-state index in [2.05, 4.69) is 17.2 Å². The fraction of sp³-hybridized carbons (Fsp3) is 0.636. The van der Waals surface area contributed by atoms with Gasteiger partial charge in [0.05, 0.1) is 12.0 Å². The molecule has 0 aliphatic rings. The van der Waals surface area contributed by atoms with E-state index in [1.54, 1.807) is 6.08 Å². The molecule has 0 radical (unpaired) electrons. The lowest BCUT2D eigenvalue weighted by molar-refractivity contribution is -0.141. The number of amides is 2. The smallest absolute Gasteiger partial charge is 0.315 e. The zero-order chi connectivity index (χ0) is 13.5. The standard InChI is InChI=1S/C11H20N2O4/c1-4-5-8(2)13-10(16)12-7-11(3,17)6-9(14)15/h4,8,17H,1,5-7H2,2-3H3,(H,14,15)(H2,12,13,16). The molecule has 0 aromatic carbocycles. The van der Waals surface area contributed by atoms with Crippen LogP contribution in [0.5, 0.6) is 0 Å². The molecular formula is C11H20N2O4. The van der Waals surface area contributed by atoms with Crippen molar-refractivity contribution in [3.05, 3.63) is 12.7 Å². The van der Waals surface area contributed by atoms with E-state index in [0.717, 1.165) is 0 Å². The van der Waals surface area contributed by atoms with Gasteiger partial charge in [0.2, 0.25) is 0 Å². The summed E-state index contributed by atoms with van der Waals surface area (Å²) in [6.45, 7) is 6.60. The average Bonchev–Trinajstić information content (AvgIpc) is 2.13. The number of carbonyl (C=O) groups excluding carboxylic acids is 1. The summed E-state index contributed by atoms with van der Waals surface area (Å²) in [5.74, 6) is -1.11. The van der Waals surface area contributed by atoms with Gasteiger partial charge in [0.1, 0.15) is 0 Å². The summed E-state index contributed by atoms with van der Waals surface area (Å²) >= 11 is 0. The number of carboxylic acid groups (broad SMARTS) is 1. The summed E-state index contributed by atoms with van der Waals surface area (Å²) in [7, 11) is 0. The molecule has 0 fully saturated rings. The van der Waals surface area contributed by atoms with Crippen molar-refractivity contribution in [1.29, 1.82) is 0 Å². The van der Waals surface area contributed by atoms with Crippen LogP contribution in [0.1, 0.15) is 26.7 Å². The predicted octanol–water partition coefficient (Wildman–Crippen LogP) is 0.476. The van der Waals surface area contributed by atoms with Crippen molar-refractivity contribution in [2.24, 2.45) is 0 Å². The molecule has 4 N–H and O–H groups in total. The van der Waals surface area contributed by atoms with Gasteiger partial charge in [-0.05, 0) is 20.3 Å². The Morgan fingerprint density at radius 2 is 2.12 bits per heavy atom. The maximum absolute atomic E-state index is 11.3. The van der Waals surface area contributed by atoms with E-state index in [-0.39, 0.29) is 12.6 Å². The van der Waals surface area contributed by atoms with Crippen molar-refractivity contribution >= 4 is 12.0 Å². The van der Waals surface area contributed by atoms with Gasteiger partial charge in [-0.1, -0.05) is 6.08 Å². The molecule has 2 atom stereocenters. The van der Waals surface area contributed by atoms with Crippen molar-refractivity contribution in [3.63, 3.8) is 0 Å². The number of aliphatic carboxylic acids is 1. The first-order valence-corrected chi connectivity index (χ1v) is 5.36. The molecule has 0 spiro atoms. The molecule has 17 heavy (non-hydrogen) atoms. The van der Waals surface area contributed by atoms with Crippen molar-refractivity contribution in [2.45, 2.75) is 38.3 Å². The van der Waals surface area contributed by atoms with Gasteiger partial charge in [0.15, 0.2) is 0 Å². The molecule has 0 saturated heterocycles. The molecule has 0 saturated carbocycles. The lowest BCUT2D eigenvalue weighted by atomic mass is 10.0. The lowest BCUT2D eigenvalue weighted by Crippen LogP contribution is -2.47. The van der Waals surface area contributed by atoms with E-state index >= 15 is 0 Å². The van der Waals surface area contributed by atoms with Crippen LogP contribution in [0.25, 0.3) is 0 Å². The Balaban J connectivity index is 3.98. The molecule has 6 nitrogen and oxygen atoms in total. The number of aliphatic hydroxyl groups is 1. The minimum absolute atomic E-state index is 0.0584. The quantitative estimate of drug-likeness (QED) is 0.489. The van der Waals surface area contributed by atoms with Gasteiger partial charge in [-0.25, -0.2) is 4.79 Å². The number of rotatable bonds is 7. The van der Waals surface area contributed by atoms with E-state index in [9.17, 15) is 14.7 Å². The van der Waals surface area contributed by atoms with E-state index < -0.39 is 24.0 Å². The first-order valence-electron chi connectivity index (χ1n) is 5.36. The Morgan fingerprint density at radius 1 is 1.53 bits per heavy atom. The van der Waals surface area contributed by atoms with Crippen LogP contribution < -0.4 is 10.6 Å². The number of hydrogen-bond acceptors (Lipinski definition) is 3. The predicted molar refractivity (Wildman–Crippen MR) is 63.7 cm³/mol. The summed E-state index contributed by atoms with van der Waals surface area (Å²) in [6, 6.07) is -0.498. The summed E-state index contributed by atoms with van der Waals surface area (Å²) in [4.78, 5) is 21.8. The van der Waals surface area contributed by atoms with Gasteiger partial charge < -0.3 is 20.8 Å². The lowest BCUT2D eigenvalue weighted by Gasteiger charge is -2.22. The molecule has 2 unspecified atom stereocenters. The van der Waals surface area contributed by atoms with Crippen LogP contribution in [0.15, 0.2) is 12.7 Å². The monoisotopic (exact) mass is 244 g/mol. The first kappa shape index (κ1) is 15.4. The van der Waals surface area contributed by atoms with Gasteiger partial charge in [0, 0.05) is 12.6 Å². The largest absolute Gasteiger partial charge is 0.481 e. The van der Waals surface area contributed by atoms with Crippen LogP contribution in [0.4, 0.5) is 4.79 Å². The van der Waals surface area contributed by atoms with Gasteiger partial charge >= 0.3 is 12.0 Å². The number of carboxylic acids is 1. The highest BCUT2D eigenvalue weighted by molar-refractivity contribution is 5.74. The fourth-order valence-corrected chi connectivity index (χ4v) is 1.24. The minimum Gasteiger partial charge on any atom is -0.481 e. The molecule has 6 heteroatoms. The minimum atomic E-state index is -1.45. The molecule has 0 heterocycles. The van der Waals surface area contributed by atoms with Crippen molar-refractivity contribution in [2.75, 3.05) is 6.54 Å². The molecule has 0 aliphatic carbocycles. The Morgan fingerprint density at radius 3 is 2.59 bits per heavy atom. The van der Waals surface area contributed by atoms with Gasteiger partial charge in [-0.3, -0.25) is 4.79 Å². The third-order valence-corrected chi connectivity index (χ3v) is 2.06. The summed E-state index contributed by atoms with van der Waals surface area (Å²) < 4.78 is 0. The maximum Gasteiger partial charge on any atom is 0.315 e. The first-order chi connectivity index (χ1) is 7.76. The third-order valence-electron chi connectivity index (χ3n) is 2.06. The Labute approximate surface area is 101 Å². The zero-order valence-corrected chi connectivity index (χ0v) is 10.2. The van der Waals surface area contributed by atoms with Gasteiger partial charge in [-0.15, -0.1) is 6.58 Å². The van der Waals surface area contributed by atoms with Crippen LogP contribution >= 0.6 is 0 Å². The summed E-state index contributed by atoms with van der Waals surface area (Å²) in [6.07, 6.45) is 1.90. The molecule has 0 aromatic heterocycles. The van der Waals surface area contributed by atoms with Crippen LogP contribution in [-0.4, -0.2) is 40.4 Å². The molecule has 2 amide bonds. The number of urea groups is 1. The average molecular weight is 244 g/mol. The van der Waals surface area contributed by atoms with E-state index in [0.29, 0.717) is 6.42 Å². The summed E-state index contributed by atoms with van der Waals surface area (Å²) in [5.41, 5.74) is -1.45. The Hall–Kier alpha value is -1.56. The van der Waals surface area contributed by atoms with Crippen LogP contribution in [0.3, 0.4) is 0 Å². The number of hydrogen-bond donors (Lipinski definition) is 4. The maximum atomic E-state index is 11.3. The highest BCUT2D eigenvalue weighted by Gasteiger charge is 2.24. The third kappa shape index (κ3) is 8.27. The van der Waals surface area contributed by atoms with Crippen LogP contribution in [-0.2, 0) is 4.79 Å². The fourth-order valence-electron chi connectivity index (χ4n) is 1.24. The number of nitrogens with one attached hydrogen (secondary N) is 2. The van der Waals surface area contributed by atoms with Gasteiger partial charge in [-0.2, -0.15) is 0 Å². The SMILES string of the molecule is C=CCC(C)NC(=O)NCC(C)(O)CC(=O)O. The molecule has 0 aromatic rings. The second-order valence-electron chi connectivity index (χ2n) is 4.32. The highest BCUT2D eigenvalue weighted by Crippen LogP contribution is 2.07. The second kappa shape index (κ2) is 6.90. The molecule has 0 rings (SSSR count). The van der Waals surface area contributed by atoms with E-state index in [1.165, 1.54) is 6.92 Å². The Kier molecular flexibility index (Phi) is 6.27. The molecule has 0 aliphatic heterocycles. The van der Waals surface area contributed by atoms with Crippen molar-refractivity contribution in [1.82, 2.24) is 10.6 Å². The normalized spacial score (nSPS) is 15.5. The van der Waals surface area contributed by atoms with Crippen LogP contribution in [0.2, 0.25) is 0 Å². The van der Waals surface area contributed by atoms with E-state index in [4.69, 9.17) is 5.11 Å². The van der Waals surface area contributed by atoms with Crippen molar-refractivity contribution < 1.29 is 19.8 Å². The van der Waals surface area contributed by atoms with Crippen LogP contribution in [0, 0.1) is 0 Å². The molecular weight excluding hydrogens is 224 g/mol. The zero-order valence-electron chi connectivity index (χ0n) is 10.2. The molecule has 98 valence electrons. The van der Waals surface area contributed by atoms with Crippen molar-refractivity contribution in [3.8, 4) is 0 Å². The highest BCUT2D eigenvalue weighted by atomic mass is 16.4. The topological polar surface area (TPSA) is 98.7 Å². The summed E-state index contributed by atoms with van der Waals surface area (Å²) in [5, 5.41) is 23.2. The second-order valence-corrected chi connectivity index (χ2v) is 4.32. The van der Waals surface area contributed by atoms with Gasteiger partial charge in [0.25, 0.3) is 0 Å². The molecule has 0 bridgehead atoms. The number of carbonyl (C=O) groups is 2. The Bertz CT molecular complexity index is 289. The van der Waals surface area contributed by atoms with E-state index in [1.807, 2.05) is 6.92 Å².